The molecule has 27 heavy (non-hydrogen) atoms. The molecule has 3 saturated heterocycles. The van der Waals surface area contributed by atoms with E-state index < -0.39 is 10.0 Å². The number of furan rings is 1. The monoisotopic (exact) mass is 389 g/mol. The summed E-state index contributed by atoms with van der Waals surface area (Å²) in [5.41, 5.74) is 1.00. The number of sulfonamides is 1. The third-order valence-corrected chi connectivity index (χ3v) is 5.88. The highest BCUT2D eigenvalue weighted by Gasteiger charge is 2.35. The number of hydrogen-bond donors (Lipinski definition) is 2. The highest BCUT2D eigenvalue weighted by atomic mass is 32.2. The number of piperidine rings is 3. The van der Waals surface area contributed by atoms with Gasteiger partial charge in [0.15, 0.2) is 5.76 Å². The van der Waals surface area contributed by atoms with Crippen LogP contribution in [0.5, 0.6) is 0 Å². The minimum atomic E-state index is -3.42. The summed E-state index contributed by atoms with van der Waals surface area (Å²) in [6.45, 7) is 3.13. The summed E-state index contributed by atoms with van der Waals surface area (Å²) in [6.07, 6.45) is 3.34. The van der Waals surface area contributed by atoms with Gasteiger partial charge in [-0.05, 0) is 56.1 Å². The van der Waals surface area contributed by atoms with Crippen LogP contribution in [0, 0.1) is 5.92 Å². The predicted octanol–water partition coefficient (Wildman–Crippen LogP) is 2.14. The number of carbonyl (C=O) groups excluding carboxylic acids is 1. The molecule has 1 aromatic heterocycles. The van der Waals surface area contributed by atoms with Crippen LogP contribution in [0.4, 0.5) is 5.69 Å². The van der Waals surface area contributed by atoms with Gasteiger partial charge in [0.1, 0.15) is 5.76 Å². The molecule has 1 amide bonds. The number of benzene rings is 1. The summed E-state index contributed by atoms with van der Waals surface area (Å²) in [7, 11) is -3.42. The average molecular weight is 389 g/mol. The molecule has 2 N–H and O–H groups in total. The lowest BCUT2D eigenvalue weighted by molar-refractivity contribution is 0.0606. The molecular formula is C19H23N3O4S. The first-order valence-corrected chi connectivity index (χ1v) is 11.0. The molecule has 0 saturated carbocycles. The van der Waals surface area contributed by atoms with Gasteiger partial charge in [0, 0.05) is 18.2 Å². The summed E-state index contributed by atoms with van der Waals surface area (Å²) in [4.78, 5) is 15.0. The van der Waals surface area contributed by atoms with Crippen molar-refractivity contribution >= 4 is 21.6 Å². The third-order valence-electron chi connectivity index (χ3n) is 5.29. The Kier molecular flexibility index (Phi) is 4.69. The molecule has 1 unspecified atom stereocenters. The van der Waals surface area contributed by atoms with Crippen LogP contribution >= 0.6 is 0 Å². The molecule has 0 radical (unpaired) electrons. The minimum absolute atomic E-state index is 0.160. The van der Waals surface area contributed by atoms with Crippen molar-refractivity contribution in [2.24, 2.45) is 5.92 Å². The summed E-state index contributed by atoms with van der Waals surface area (Å²) >= 11 is 0. The zero-order valence-corrected chi connectivity index (χ0v) is 16.0. The fourth-order valence-corrected chi connectivity index (χ4v) is 4.54. The van der Waals surface area contributed by atoms with Crippen LogP contribution in [0.1, 0.15) is 23.4 Å². The molecule has 4 heterocycles. The average Bonchev–Trinajstić information content (AvgIpc) is 3.12. The first-order valence-electron chi connectivity index (χ1n) is 9.09. The minimum Gasteiger partial charge on any atom is -0.451 e. The van der Waals surface area contributed by atoms with E-state index in [1.165, 1.54) is 0 Å². The van der Waals surface area contributed by atoms with Crippen LogP contribution in [0.3, 0.4) is 0 Å². The third kappa shape index (κ3) is 4.01. The van der Waals surface area contributed by atoms with Crippen LogP contribution in [-0.4, -0.2) is 51.2 Å². The molecule has 8 heteroatoms. The van der Waals surface area contributed by atoms with E-state index in [1.54, 1.807) is 36.4 Å². The van der Waals surface area contributed by atoms with E-state index in [-0.39, 0.29) is 17.7 Å². The number of nitrogens with one attached hydrogen (secondary N) is 2. The summed E-state index contributed by atoms with van der Waals surface area (Å²) in [6, 6.07) is 10.4. The fourth-order valence-electron chi connectivity index (χ4n) is 3.96. The standard InChI is InChI=1S/C19H23N3O4S/c1-27(24,25)21-15-5-3-2-4-14(15)17-6-7-18(26-17)19(23)20-16-12-22-10-8-13(16)9-11-22/h2-7,13,16,21H,8-12H2,1H3,(H,20,23). The lowest BCUT2D eigenvalue weighted by atomic mass is 9.84. The Morgan fingerprint density at radius 2 is 1.89 bits per heavy atom. The quantitative estimate of drug-likeness (QED) is 0.818. The van der Waals surface area contributed by atoms with Gasteiger partial charge in [-0.2, -0.15) is 0 Å². The van der Waals surface area contributed by atoms with Crippen molar-refractivity contribution in [3.63, 3.8) is 0 Å². The summed E-state index contributed by atoms with van der Waals surface area (Å²) in [5, 5.41) is 3.10. The van der Waals surface area contributed by atoms with Gasteiger partial charge in [-0.25, -0.2) is 8.42 Å². The molecular weight excluding hydrogens is 366 g/mol. The zero-order valence-electron chi connectivity index (χ0n) is 15.1. The van der Waals surface area contributed by atoms with Crippen molar-refractivity contribution in [3.05, 3.63) is 42.2 Å². The van der Waals surface area contributed by atoms with Crippen LogP contribution in [-0.2, 0) is 10.0 Å². The van der Waals surface area contributed by atoms with Crippen LogP contribution < -0.4 is 10.0 Å². The van der Waals surface area contributed by atoms with Crippen molar-refractivity contribution in [1.29, 1.82) is 0 Å². The van der Waals surface area contributed by atoms with E-state index in [2.05, 4.69) is 14.9 Å². The van der Waals surface area contributed by atoms with Crippen LogP contribution in [0.2, 0.25) is 0 Å². The molecule has 2 aromatic rings. The molecule has 3 aliphatic rings. The normalized spacial score (nSPS) is 24.6. The number of nitrogens with zero attached hydrogens (tertiary/aromatic N) is 1. The molecule has 7 nitrogen and oxygen atoms in total. The summed E-state index contributed by atoms with van der Waals surface area (Å²) in [5.74, 6) is 0.984. The Hall–Kier alpha value is -2.32. The van der Waals surface area contributed by atoms with E-state index >= 15 is 0 Å². The van der Waals surface area contributed by atoms with Gasteiger partial charge in [0.2, 0.25) is 10.0 Å². The lowest BCUT2D eigenvalue weighted by Gasteiger charge is -2.44. The Balaban J connectivity index is 1.51. The van der Waals surface area contributed by atoms with Crippen LogP contribution in [0.15, 0.2) is 40.8 Å². The van der Waals surface area contributed by atoms with E-state index in [0.717, 1.165) is 38.7 Å². The predicted molar refractivity (Wildman–Crippen MR) is 103 cm³/mol. The molecule has 2 bridgehead atoms. The second-order valence-electron chi connectivity index (χ2n) is 7.30. The van der Waals surface area contributed by atoms with Crippen molar-refractivity contribution in [3.8, 4) is 11.3 Å². The number of rotatable bonds is 5. The smallest absolute Gasteiger partial charge is 0.287 e. The van der Waals surface area contributed by atoms with Gasteiger partial charge in [0.25, 0.3) is 5.91 Å². The number of fused-ring (bicyclic) bond motifs is 3. The fraction of sp³-hybridized carbons (Fsp3) is 0.421. The maximum Gasteiger partial charge on any atom is 0.287 e. The highest BCUT2D eigenvalue weighted by Crippen LogP contribution is 2.31. The number of anilines is 1. The van der Waals surface area contributed by atoms with Gasteiger partial charge < -0.3 is 14.6 Å². The van der Waals surface area contributed by atoms with E-state index in [1.807, 2.05) is 0 Å². The first kappa shape index (κ1) is 18.1. The van der Waals surface area contributed by atoms with Gasteiger partial charge >= 0.3 is 0 Å². The summed E-state index contributed by atoms with van der Waals surface area (Å²) < 4.78 is 31.4. The number of amides is 1. The van der Waals surface area contributed by atoms with Crippen molar-refractivity contribution in [1.82, 2.24) is 10.2 Å². The zero-order chi connectivity index (χ0) is 19.0. The maximum atomic E-state index is 12.6. The molecule has 3 fully saturated rings. The molecule has 1 atom stereocenters. The second-order valence-corrected chi connectivity index (χ2v) is 9.05. The number of hydrogen-bond acceptors (Lipinski definition) is 5. The van der Waals surface area contributed by atoms with Gasteiger partial charge in [-0.1, -0.05) is 12.1 Å². The molecule has 5 rings (SSSR count). The van der Waals surface area contributed by atoms with Crippen molar-refractivity contribution in [2.75, 3.05) is 30.6 Å². The molecule has 0 spiro atoms. The molecule has 3 aliphatic heterocycles. The molecule has 1 aromatic carbocycles. The SMILES string of the molecule is CS(=O)(=O)Nc1ccccc1-c1ccc(C(=O)NC2CN3CCC2CC3)o1. The number of para-hydroxylation sites is 1. The maximum absolute atomic E-state index is 12.6. The number of carbonyl (C=O) groups is 1. The van der Waals surface area contributed by atoms with Crippen molar-refractivity contribution in [2.45, 2.75) is 18.9 Å². The lowest BCUT2D eigenvalue weighted by Crippen LogP contribution is -2.57. The van der Waals surface area contributed by atoms with Crippen molar-refractivity contribution < 1.29 is 17.6 Å². The Morgan fingerprint density at radius 3 is 2.56 bits per heavy atom. The topological polar surface area (TPSA) is 91.6 Å². The van der Waals surface area contributed by atoms with Gasteiger partial charge in [0.05, 0.1) is 11.9 Å². The van der Waals surface area contributed by atoms with Gasteiger partial charge in [-0.15, -0.1) is 0 Å². The second kappa shape index (κ2) is 7.01. The first-order chi connectivity index (χ1) is 12.9. The Bertz CT molecular complexity index is 945. The van der Waals surface area contributed by atoms with E-state index in [0.29, 0.717) is 22.9 Å². The van der Waals surface area contributed by atoms with Crippen LogP contribution in [0.25, 0.3) is 11.3 Å². The largest absolute Gasteiger partial charge is 0.451 e. The molecule has 0 aliphatic carbocycles. The van der Waals surface area contributed by atoms with Gasteiger partial charge in [-0.3, -0.25) is 9.52 Å². The van der Waals surface area contributed by atoms with E-state index in [4.69, 9.17) is 4.42 Å². The Morgan fingerprint density at radius 1 is 1.15 bits per heavy atom. The molecule has 144 valence electrons. The van der Waals surface area contributed by atoms with E-state index in [9.17, 15) is 13.2 Å². The highest BCUT2D eigenvalue weighted by molar-refractivity contribution is 7.92. The Labute approximate surface area is 158 Å².